The molecule has 0 saturated carbocycles. The van der Waals surface area contributed by atoms with Gasteiger partial charge in [0.1, 0.15) is 11.9 Å². The molecule has 9 heteroatoms. The summed E-state index contributed by atoms with van der Waals surface area (Å²) in [5.41, 5.74) is 1.38. The van der Waals surface area contributed by atoms with Crippen LogP contribution in [0, 0.1) is 0 Å². The third kappa shape index (κ3) is 3.01. The maximum atomic E-state index is 13.1. The molecule has 0 spiro atoms. The smallest absolute Gasteiger partial charge is 0.254 e. The van der Waals surface area contributed by atoms with Crippen LogP contribution >= 0.6 is 0 Å². The number of aromatic nitrogens is 6. The summed E-state index contributed by atoms with van der Waals surface area (Å²) in [4.78, 5) is 23.5. The number of benzene rings is 1. The predicted octanol–water partition coefficient (Wildman–Crippen LogP) is 0.814. The Bertz CT molecular complexity index is 874. The molecule has 4 rings (SSSR count). The molecule has 0 radical (unpaired) electrons. The van der Waals surface area contributed by atoms with Gasteiger partial charge in [0.05, 0.1) is 25.8 Å². The second-order valence-corrected chi connectivity index (χ2v) is 5.73. The highest BCUT2D eigenvalue weighted by Crippen LogP contribution is 2.24. The number of imidazole rings is 1. The highest BCUT2D eigenvalue weighted by molar-refractivity contribution is 6.00. The summed E-state index contributed by atoms with van der Waals surface area (Å²) < 4.78 is 5.71. The normalized spacial score (nSPS) is 17.6. The quantitative estimate of drug-likeness (QED) is 0.758. The Labute approximate surface area is 143 Å². The van der Waals surface area contributed by atoms with Gasteiger partial charge in [-0.05, 0) is 11.3 Å². The molecule has 1 fully saturated rings. The first-order valence-electron chi connectivity index (χ1n) is 7.96. The number of carbonyl (C=O) groups is 1. The van der Waals surface area contributed by atoms with Crippen molar-refractivity contribution in [3.05, 3.63) is 48.0 Å². The summed E-state index contributed by atoms with van der Waals surface area (Å²) in [6.07, 6.45) is 3.03. The van der Waals surface area contributed by atoms with Crippen LogP contribution in [0.25, 0.3) is 11.4 Å². The van der Waals surface area contributed by atoms with Crippen LogP contribution in [-0.4, -0.2) is 60.7 Å². The van der Waals surface area contributed by atoms with Crippen molar-refractivity contribution in [2.24, 2.45) is 7.05 Å². The molecule has 1 aromatic carbocycles. The minimum absolute atomic E-state index is 0.0656. The fourth-order valence-corrected chi connectivity index (χ4v) is 2.88. The minimum Gasteiger partial charge on any atom is -0.366 e. The number of morpholine rings is 1. The van der Waals surface area contributed by atoms with Crippen LogP contribution in [0.1, 0.15) is 22.3 Å². The number of rotatable bonds is 3. The molecule has 1 aliphatic rings. The number of tetrazole rings is 1. The SMILES string of the molecule is Cn1nnc(C2CN(C(=O)c3ccccc3-c3ncc[nH]3)CCO2)n1. The zero-order chi connectivity index (χ0) is 17.2. The Morgan fingerprint density at radius 3 is 3.00 bits per heavy atom. The molecular weight excluding hydrogens is 322 g/mol. The van der Waals surface area contributed by atoms with Crippen molar-refractivity contribution in [2.75, 3.05) is 19.7 Å². The van der Waals surface area contributed by atoms with Gasteiger partial charge in [-0.1, -0.05) is 18.2 Å². The van der Waals surface area contributed by atoms with Crippen LogP contribution in [0.2, 0.25) is 0 Å². The van der Waals surface area contributed by atoms with Crippen molar-refractivity contribution in [1.29, 1.82) is 0 Å². The molecule has 3 aromatic rings. The minimum atomic E-state index is -0.373. The van der Waals surface area contributed by atoms with E-state index >= 15 is 0 Å². The van der Waals surface area contributed by atoms with Gasteiger partial charge in [0.15, 0.2) is 0 Å². The maximum absolute atomic E-state index is 13.1. The molecule has 9 nitrogen and oxygen atoms in total. The standard InChI is InChI=1S/C16H17N7O2/c1-22-20-15(19-21-22)13-10-23(8-9-25-13)16(24)12-5-3-2-4-11(12)14-17-6-7-18-14/h2-7,13H,8-10H2,1H3,(H,17,18). The molecule has 128 valence electrons. The fraction of sp³-hybridized carbons (Fsp3) is 0.312. The lowest BCUT2D eigenvalue weighted by Gasteiger charge is -2.31. The van der Waals surface area contributed by atoms with Crippen molar-refractivity contribution in [3.63, 3.8) is 0 Å². The lowest BCUT2D eigenvalue weighted by Crippen LogP contribution is -2.42. The van der Waals surface area contributed by atoms with E-state index in [1.165, 1.54) is 4.80 Å². The van der Waals surface area contributed by atoms with Crippen LogP contribution in [0.3, 0.4) is 0 Å². The van der Waals surface area contributed by atoms with Crippen molar-refractivity contribution in [2.45, 2.75) is 6.10 Å². The Hall–Kier alpha value is -3.07. The number of aryl methyl sites for hydroxylation is 1. The summed E-state index contributed by atoms with van der Waals surface area (Å²) in [6, 6.07) is 7.43. The third-order valence-electron chi connectivity index (χ3n) is 4.08. The van der Waals surface area contributed by atoms with E-state index in [0.29, 0.717) is 36.9 Å². The van der Waals surface area contributed by atoms with Gasteiger partial charge in [0.2, 0.25) is 5.82 Å². The maximum Gasteiger partial charge on any atom is 0.254 e. The van der Waals surface area contributed by atoms with Crippen molar-refractivity contribution < 1.29 is 9.53 Å². The van der Waals surface area contributed by atoms with E-state index in [9.17, 15) is 4.79 Å². The van der Waals surface area contributed by atoms with Gasteiger partial charge in [-0.15, -0.1) is 10.2 Å². The van der Waals surface area contributed by atoms with Crippen molar-refractivity contribution in [3.8, 4) is 11.4 Å². The Kier molecular flexibility index (Phi) is 3.98. The number of hydrogen-bond acceptors (Lipinski definition) is 6. The molecule has 1 saturated heterocycles. The average molecular weight is 339 g/mol. The summed E-state index contributed by atoms with van der Waals surface area (Å²) >= 11 is 0. The molecule has 1 unspecified atom stereocenters. The summed E-state index contributed by atoms with van der Waals surface area (Å²) in [5, 5.41) is 12.0. The summed E-state index contributed by atoms with van der Waals surface area (Å²) in [5.74, 6) is 1.09. The fourth-order valence-electron chi connectivity index (χ4n) is 2.88. The van der Waals surface area contributed by atoms with E-state index in [0.717, 1.165) is 5.56 Å². The second kappa shape index (κ2) is 6.44. The molecule has 3 heterocycles. The van der Waals surface area contributed by atoms with Crippen LogP contribution < -0.4 is 0 Å². The van der Waals surface area contributed by atoms with Crippen molar-refractivity contribution in [1.82, 2.24) is 35.1 Å². The van der Waals surface area contributed by atoms with Gasteiger partial charge in [0, 0.05) is 24.5 Å². The Morgan fingerprint density at radius 1 is 1.36 bits per heavy atom. The molecule has 0 bridgehead atoms. The highest BCUT2D eigenvalue weighted by atomic mass is 16.5. The van der Waals surface area contributed by atoms with Gasteiger partial charge >= 0.3 is 0 Å². The first-order valence-corrected chi connectivity index (χ1v) is 7.96. The van der Waals surface area contributed by atoms with E-state index in [1.54, 1.807) is 24.3 Å². The van der Waals surface area contributed by atoms with E-state index < -0.39 is 0 Å². The lowest BCUT2D eigenvalue weighted by atomic mass is 10.1. The van der Waals surface area contributed by atoms with Gasteiger partial charge in [0.25, 0.3) is 5.91 Å². The monoisotopic (exact) mass is 339 g/mol. The van der Waals surface area contributed by atoms with Crippen LogP contribution in [-0.2, 0) is 11.8 Å². The Morgan fingerprint density at radius 2 is 2.24 bits per heavy atom. The predicted molar refractivity (Wildman–Crippen MR) is 87.4 cm³/mol. The molecule has 1 aliphatic heterocycles. The largest absolute Gasteiger partial charge is 0.366 e. The first-order chi connectivity index (χ1) is 12.2. The molecule has 1 amide bonds. The second-order valence-electron chi connectivity index (χ2n) is 5.73. The topological polar surface area (TPSA) is 102 Å². The van der Waals surface area contributed by atoms with E-state index in [2.05, 4.69) is 25.4 Å². The highest BCUT2D eigenvalue weighted by Gasteiger charge is 2.30. The lowest BCUT2D eigenvalue weighted by molar-refractivity contribution is -0.0268. The molecule has 0 aliphatic carbocycles. The molecule has 2 aromatic heterocycles. The number of carbonyl (C=O) groups excluding carboxylic acids is 1. The van der Waals surface area contributed by atoms with Crippen LogP contribution in [0.15, 0.2) is 36.7 Å². The van der Waals surface area contributed by atoms with E-state index in [-0.39, 0.29) is 12.0 Å². The van der Waals surface area contributed by atoms with Crippen LogP contribution in [0.5, 0.6) is 0 Å². The number of aromatic amines is 1. The molecule has 1 N–H and O–H groups in total. The number of nitrogens with zero attached hydrogens (tertiary/aromatic N) is 6. The number of amides is 1. The first kappa shape index (κ1) is 15.5. The molecule has 1 atom stereocenters. The van der Waals surface area contributed by atoms with Gasteiger partial charge < -0.3 is 14.6 Å². The van der Waals surface area contributed by atoms with Crippen molar-refractivity contribution >= 4 is 5.91 Å². The van der Waals surface area contributed by atoms with Gasteiger partial charge in [-0.2, -0.15) is 4.80 Å². The van der Waals surface area contributed by atoms with E-state index in [4.69, 9.17) is 4.74 Å². The number of hydrogen-bond donors (Lipinski definition) is 1. The number of nitrogens with one attached hydrogen (secondary N) is 1. The van der Waals surface area contributed by atoms with Gasteiger partial charge in [-0.25, -0.2) is 4.98 Å². The Balaban J connectivity index is 1.59. The third-order valence-corrected chi connectivity index (χ3v) is 4.08. The van der Waals surface area contributed by atoms with E-state index in [1.807, 2.05) is 24.3 Å². The molecule has 25 heavy (non-hydrogen) atoms. The summed E-state index contributed by atoms with van der Waals surface area (Å²) in [7, 11) is 1.70. The number of ether oxygens (including phenoxy) is 1. The van der Waals surface area contributed by atoms with Crippen LogP contribution in [0.4, 0.5) is 0 Å². The number of H-pyrrole nitrogens is 1. The summed E-state index contributed by atoms with van der Waals surface area (Å²) in [6.45, 7) is 1.33. The zero-order valence-electron chi connectivity index (χ0n) is 13.7. The molecular formula is C16H17N7O2. The average Bonchev–Trinajstić information content (AvgIpc) is 3.33. The zero-order valence-corrected chi connectivity index (χ0v) is 13.7. The van der Waals surface area contributed by atoms with Gasteiger partial charge in [-0.3, -0.25) is 4.79 Å².